The van der Waals surface area contributed by atoms with E-state index in [1.165, 1.54) is 5.56 Å². The van der Waals surface area contributed by atoms with Crippen molar-refractivity contribution in [2.24, 2.45) is 0 Å². The third kappa shape index (κ3) is 2.51. The average molecular weight is 396 g/mol. The second-order valence-electron chi connectivity index (χ2n) is 5.90. The van der Waals surface area contributed by atoms with E-state index in [0.29, 0.717) is 5.95 Å². The number of hydrogen-bond acceptors (Lipinski definition) is 2. The van der Waals surface area contributed by atoms with Gasteiger partial charge in [-0.15, -0.1) is 0 Å². The first-order chi connectivity index (χ1) is 11.4. The van der Waals surface area contributed by atoms with Gasteiger partial charge in [-0.05, 0) is 49.4 Å². The lowest BCUT2D eigenvalue weighted by molar-refractivity contribution is -0.138. The molecule has 0 atom stereocenters. The Balaban J connectivity index is 1.93. The molecule has 0 radical (unpaired) electrons. The van der Waals surface area contributed by atoms with Crippen molar-refractivity contribution in [2.75, 3.05) is 0 Å². The minimum Gasteiger partial charge on any atom is -0.282 e. The van der Waals surface area contributed by atoms with Crippen molar-refractivity contribution in [3.63, 3.8) is 0 Å². The Hall–Kier alpha value is -1.89. The van der Waals surface area contributed by atoms with Crippen molar-refractivity contribution in [1.82, 2.24) is 14.5 Å². The summed E-state index contributed by atoms with van der Waals surface area (Å²) in [5.41, 5.74) is 2.46. The molecule has 0 bridgehead atoms. The molecule has 0 aliphatic heterocycles. The quantitative estimate of drug-likeness (QED) is 0.575. The highest BCUT2D eigenvalue weighted by molar-refractivity contribution is 9.10. The molecule has 7 heteroatoms. The topological polar surface area (TPSA) is 30.7 Å². The van der Waals surface area contributed by atoms with Gasteiger partial charge in [0.15, 0.2) is 0 Å². The van der Waals surface area contributed by atoms with E-state index in [9.17, 15) is 13.2 Å². The molecule has 0 fully saturated rings. The molecule has 0 saturated heterocycles. The van der Waals surface area contributed by atoms with Crippen LogP contribution in [0.4, 0.5) is 13.2 Å². The minimum absolute atomic E-state index is 0.290. The van der Waals surface area contributed by atoms with Crippen LogP contribution in [0.5, 0.6) is 0 Å². The predicted octanol–water partition coefficient (Wildman–Crippen LogP) is 5.08. The number of aryl methyl sites for hydroxylation is 1. The first-order valence-electron chi connectivity index (χ1n) is 7.66. The normalized spacial score (nSPS) is 14.8. The van der Waals surface area contributed by atoms with Gasteiger partial charge in [0.1, 0.15) is 0 Å². The zero-order valence-corrected chi connectivity index (χ0v) is 14.2. The van der Waals surface area contributed by atoms with Crippen LogP contribution in [0.2, 0.25) is 0 Å². The minimum atomic E-state index is -4.43. The maximum absolute atomic E-state index is 12.7. The van der Waals surface area contributed by atoms with Crippen molar-refractivity contribution in [2.45, 2.75) is 31.9 Å². The van der Waals surface area contributed by atoms with Crippen molar-refractivity contribution >= 4 is 26.8 Å². The molecule has 3 nitrogen and oxygen atoms in total. The molecule has 2 heterocycles. The van der Waals surface area contributed by atoms with Gasteiger partial charge in [0.25, 0.3) is 0 Å². The lowest BCUT2D eigenvalue weighted by Gasteiger charge is -2.15. The molecule has 24 heavy (non-hydrogen) atoms. The van der Waals surface area contributed by atoms with E-state index < -0.39 is 11.7 Å². The fraction of sp³-hybridized carbons (Fsp3) is 0.294. The molecule has 3 aromatic rings. The fourth-order valence-corrected chi connectivity index (χ4v) is 3.69. The highest BCUT2D eigenvalue weighted by Crippen LogP contribution is 2.35. The summed E-state index contributed by atoms with van der Waals surface area (Å²) in [4.78, 5) is 7.98. The zero-order valence-electron chi connectivity index (χ0n) is 12.6. The number of nitrogens with zero attached hydrogens (tertiary/aromatic N) is 3. The van der Waals surface area contributed by atoms with Gasteiger partial charge in [-0.1, -0.05) is 15.9 Å². The molecule has 2 aromatic heterocycles. The van der Waals surface area contributed by atoms with Crippen LogP contribution in [0.1, 0.15) is 29.7 Å². The smallest absolute Gasteiger partial charge is 0.282 e. The lowest BCUT2D eigenvalue weighted by Crippen LogP contribution is -2.12. The largest absolute Gasteiger partial charge is 0.419 e. The number of halogens is 4. The molecule has 0 spiro atoms. The fourth-order valence-electron chi connectivity index (χ4n) is 3.33. The molecule has 0 amide bonds. The maximum atomic E-state index is 12.7. The summed E-state index contributed by atoms with van der Waals surface area (Å²) in [5, 5.41) is 1.11. The number of rotatable bonds is 1. The molecule has 124 valence electrons. The van der Waals surface area contributed by atoms with Crippen LogP contribution in [0.3, 0.4) is 0 Å². The Morgan fingerprint density at radius 1 is 1.04 bits per heavy atom. The summed E-state index contributed by atoms with van der Waals surface area (Å²) in [6, 6.07) is 5.94. The summed E-state index contributed by atoms with van der Waals surface area (Å²) < 4.78 is 41.1. The van der Waals surface area contributed by atoms with E-state index in [1.54, 1.807) is 0 Å². The van der Waals surface area contributed by atoms with E-state index in [2.05, 4.69) is 32.0 Å². The number of fused-ring (bicyclic) bond motifs is 3. The molecular formula is C17H13BrF3N3. The third-order valence-corrected chi connectivity index (χ3v) is 4.89. The summed E-state index contributed by atoms with van der Waals surface area (Å²) in [7, 11) is 0. The van der Waals surface area contributed by atoms with E-state index in [-0.39, 0.29) is 0 Å². The molecule has 0 saturated carbocycles. The molecule has 1 aromatic carbocycles. The van der Waals surface area contributed by atoms with E-state index in [0.717, 1.165) is 59.1 Å². The number of hydrogen-bond donors (Lipinski definition) is 0. The predicted molar refractivity (Wildman–Crippen MR) is 88.2 cm³/mol. The number of aromatic nitrogens is 3. The van der Waals surface area contributed by atoms with Gasteiger partial charge in [-0.25, -0.2) is 9.97 Å². The van der Waals surface area contributed by atoms with Crippen LogP contribution in [0, 0.1) is 0 Å². The van der Waals surface area contributed by atoms with Gasteiger partial charge in [0.2, 0.25) is 5.95 Å². The van der Waals surface area contributed by atoms with Gasteiger partial charge in [0, 0.05) is 27.9 Å². The Kier molecular flexibility index (Phi) is 3.63. The van der Waals surface area contributed by atoms with Crippen molar-refractivity contribution in [1.29, 1.82) is 0 Å². The maximum Gasteiger partial charge on any atom is 0.419 e. The highest BCUT2D eigenvalue weighted by atomic mass is 79.9. The van der Waals surface area contributed by atoms with Crippen LogP contribution in [-0.2, 0) is 19.0 Å². The summed E-state index contributed by atoms with van der Waals surface area (Å²) >= 11 is 3.49. The Morgan fingerprint density at radius 2 is 1.75 bits per heavy atom. The number of benzene rings is 1. The SMILES string of the molecule is FC(F)(F)c1cnc(-n2c3c(c4cc(Br)ccc42)CCCC3)nc1. The summed E-state index contributed by atoms with van der Waals surface area (Å²) in [5.74, 6) is 0.290. The standard InChI is InChI=1S/C17H13BrF3N3/c18-11-5-6-15-13(7-11)12-3-1-2-4-14(12)24(15)16-22-8-10(9-23-16)17(19,20)21/h5-9H,1-4H2. The van der Waals surface area contributed by atoms with Gasteiger partial charge in [-0.3, -0.25) is 4.57 Å². The second-order valence-corrected chi connectivity index (χ2v) is 6.81. The van der Waals surface area contributed by atoms with Crippen LogP contribution in [0.15, 0.2) is 35.1 Å². The first kappa shape index (κ1) is 15.6. The van der Waals surface area contributed by atoms with Gasteiger partial charge in [0.05, 0.1) is 11.1 Å². The molecule has 0 unspecified atom stereocenters. The van der Waals surface area contributed by atoms with Crippen LogP contribution in [0.25, 0.3) is 16.9 Å². The van der Waals surface area contributed by atoms with Crippen molar-refractivity contribution in [3.05, 3.63) is 51.9 Å². The van der Waals surface area contributed by atoms with Gasteiger partial charge in [-0.2, -0.15) is 13.2 Å². The summed E-state index contributed by atoms with van der Waals surface area (Å²) in [6.45, 7) is 0. The van der Waals surface area contributed by atoms with Crippen molar-refractivity contribution < 1.29 is 13.2 Å². The van der Waals surface area contributed by atoms with Gasteiger partial charge >= 0.3 is 6.18 Å². The second kappa shape index (κ2) is 5.58. The Bertz CT molecular complexity index is 913. The monoisotopic (exact) mass is 395 g/mol. The zero-order chi connectivity index (χ0) is 16.9. The molecule has 0 N–H and O–H groups in total. The van der Waals surface area contributed by atoms with E-state index in [1.807, 2.05) is 16.7 Å². The molecule has 1 aliphatic carbocycles. The lowest BCUT2D eigenvalue weighted by atomic mass is 9.96. The number of alkyl halides is 3. The Morgan fingerprint density at radius 3 is 2.46 bits per heavy atom. The molecular weight excluding hydrogens is 383 g/mol. The molecule has 1 aliphatic rings. The van der Waals surface area contributed by atoms with Gasteiger partial charge < -0.3 is 0 Å². The summed E-state index contributed by atoms with van der Waals surface area (Å²) in [6.07, 6.45) is 1.30. The third-order valence-electron chi connectivity index (χ3n) is 4.40. The average Bonchev–Trinajstić information content (AvgIpc) is 2.88. The van der Waals surface area contributed by atoms with Crippen LogP contribution in [-0.4, -0.2) is 14.5 Å². The first-order valence-corrected chi connectivity index (χ1v) is 8.46. The van der Waals surface area contributed by atoms with Crippen LogP contribution >= 0.6 is 15.9 Å². The Labute approximate surface area is 144 Å². The van der Waals surface area contributed by atoms with Crippen molar-refractivity contribution in [3.8, 4) is 5.95 Å². The van der Waals surface area contributed by atoms with E-state index >= 15 is 0 Å². The van der Waals surface area contributed by atoms with Crippen LogP contribution < -0.4 is 0 Å². The van der Waals surface area contributed by atoms with E-state index in [4.69, 9.17) is 0 Å². The molecule has 4 rings (SSSR count). The highest BCUT2D eigenvalue weighted by Gasteiger charge is 2.31.